The number of thioether (sulfide) groups is 1. The van der Waals surface area contributed by atoms with Crippen molar-refractivity contribution >= 4 is 35.1 Å². The van der Waals surface area contributed by atoms with E-state index in [9.17, 15) is 4.79 Å². The number of carbonyl (C=O) groups excluding carboxylic acids is 1. The van der Waals surface area contributed by atoms with Crippen LogP contribution < -0.4 is 5.32 Å². The monoisotopic (exact) mass is 295 g/mol. The molecule has 0 saturated carbocycles. The number of rotatable bonds is 5. The Kier molecular flexibility index (Phi) is 4.87. The number of nitrogens with zero attached hydrogens (tertiary/aromatic N) is 1. The van der Waals surface area contributed by atoms with Crippen LogP contribution >= 0.6 is 23.4 Å². The van der Waals surface area contributed by atoms with Gasteiger partial charge in [0.15, 0.2) is 0 Å². The van der Waals surface area contributed by atoms with Crippen molar-refractivity contribution in [3.63, 3.8) is 0 Å². The number of benzene rings is 1. The molecule has 0 saturated heterocycles. The van der Waals surface area contributed by atoms with Crippen molar-refractivity contribution in [2.45, 2.75) is 12.7 Å². The molecule has 0 unspecified atom stereocenters. The Hall–Kier alpha value is -1.46. The highest BCUT2D eigenvalue weighted by Crippen LogP contribution is 2.17. The summed E-state index contributed by atoms with van der Waals surface area (Å²) < 4.78 is 0. The second-order valence-corrected chi connectivity index (χ2v) is 5.52. The molecule has 1 amide bonds. The van der Waals surface area contributed by atoms with Gasteiger partial charge in [-0.3, -0.25) is 9.89 Å². The van der Waals surface area contributed by atoms with Gasteiger partial charge >= 0.3 is 0 Å². The summed E-state index contributed by atoms with van der Waals surface area (Å²) in [5.41, 5.74) is 2.04. The Morgan fingerprint density at radius 2 is 2.37 bits per heavy atom. The summed E-state index contributed by atoms with van der Waals surface area (Å²) in [5, 5.41) is 10.1. The highest BCUT2D eigenvalue weighted by molar-refractivity contribution is 7.99. The van der Waals surface area contributed by atoms with E-state index in [0.29, 0.717) is 11.6 Å². The minimum atomic E-state index is -0.0422. The third-order valence-electron chi connectivity index (χ3n) is 2.48. The number of halogens is 1. The SMILES string of the molecule is Cc1cn[nH]c1NC(=O)CSCc1cccc(Cl)c1. The van der Waals surface area contributed by atoms with Crippen LogP contribution in [-0.4, -0.2) is 21.9 Å². The number of aromatic nitrogens is 2. The van der Waals surface area contributed by atoms with E-state index in [2.05, 4.69) is 15.5 Å². The van der Waals surface area contributed by atoms with E-state index in [1.807, 2.05) is 31.2 Å². The summed E-state index contributed by atoms with van der Waals surface area (Å²) in [6, 6.07) is 7.65. The van der Waals surface area contributed by atoms with Crippen LogP contribution in [0.1, 0.15) is 11.1 Å². The first-order valence-corrected chi connectivity index (χ1v) is 7.30. The molecule has 0 aliphatic carbocycles. The minimum absolute atomic E-state index is 0.0422. The summed E-state index contributed by atoms with van der Waals surface area (Å²) in [6.45, 7) is 1.89. The Bertz CT molecular complexity index is 571. The normalized spacial score (nSPS) is 10.4. The van der Waals surface area contributed by atoms with Crippen LogP contribution in [0.4, 0.5) is 5.82 Å². The molecule has 0 atom stereocenters. The number of anilines is 1. The van der Waals surface area contributed by atoms with Crippen LogP contribution in [0.5, 0.6) is 0 Å². The third-order valence-corrected chi connectivity index (χ3v) is 3.72. The molecule has 0 bridgehead atoms. The molecule has 0 aliphatic heterocycles. The molecule has 2 aromatic rings. The molecule has 0 aliphatic rings. The van der Waals surface area contributed by atoms with Gasteiger partial charge in [0.25, 0.3) is 0 Å². The van der Waals surface area contributed by atoms with Gasteiger partial charge in [-0.05, 0) is 24.6 Å². The number of amides is 1. The van der Waals surface area contributed by atoms with Gasteiger partial charge in [0.2, 0.25) is 5.91 Å². The summed E-state index contributed by atoms with van der Waals surface area (Å²) in [4.78, 5) is 11.7. The average Bonchev–Trinajstić information content (AvgIpc) is 2.75. The molecule has 4 nitrogen and oxygen atoms in total. The molecular weight excluding hydrogens is 282 g/mol. The van der Waals surface area contributed by atoms with Gasteiger partial charge in [0.1, 0.15) is 5.82 Å². The zero-order valence-corrected chi connectivity index (χ0v) is 12.0. The van der Waals surface area contributed by atoms with E-state index in [0.717, 1.165) is 21.9 Å². The first-order chi connectivity index (χ1) is 9.15. The Morgan fingerprint density at radius 1 is 1.53 bits per heavy atom. The van der Waals surface area contributed by atoms with E-state index in [1.165, 1.54) is 0 Å². The Morgan fingerprint density at radius 3 is 3.05 bits per heavy atom. The quantitative estimate of drug-likeness (QED) is 0.890. The number of nitrogens with one attached hydrogen (secondary N) is 2. The van der Waals surface area contributed by atoms with Crippen molar-refractivity contribution in [3.8, 4) is 0 Å². The molecule has 2 rings (SSSR count). The van der Waals surface area contributed by atoms with Crippen LogP contribution in [0.15, 0.2) is 30.5 Å². The summed E-state index contributed by atoms with van der Waals surface area (Å²) in [7, 11) is 0. The Balaban J connectivity index is 1.77. The number of hydrogen-bond acceptors (Lipinski definition) is 3. The van der Waals surface area contributed by atoms with Gasteiger partial charge in [0.05, 0.1) is 11.9 Å². The smallest absolute Gasteiger partial charge is 0.235 e. The van der Waals surface area contributed by atoms with Crippen LogP contribution in [0, 0.1) is 6.92 Å². The fourth-order valence-electron chi connectivity index (χ4n) is 1.54. The molecule has 6 heteroatoms. The number of aryl methyl sites for hydroxylation is 1. The van der Waals surface area contributed by atoms with Crippen LogP contribution in [0.3, 0.4) is 0 Å². The summed E-state index contributed by atoms with van der Waals surface area (Å²) in [5.74, 6) is 1.77. The number of hydrogen-bond donors (Lipinski definition) is 2. The second-order valence-electron chi connectivity index (χ2n) is 4.10. The zero-order chi connectivity index (χ0) is 13.7. The van der Waals surface area contributed by atoms with E-state index >= 15 is 0 Å². The van der Waals surface area contributed by atoms with Crippen LogP contribution in [0.2, 0.25) is 5.02 Å². The van der Waals surface area contributed by atoms with Crippen molar-refractivity contribution in [2.75, 3.05) is 11.1 Å². The van der Waals surface area contributed by atoms with Crippen molar-refractivity contribution in [3.05, 3.63) is 46.6 Å². The van der Waals surface area contributed by atoms with Gasteiger partial charge in [0, 0.05) is 16.3 Å². The maximum atomic E-state index is 11.7. The molecule has 0 radical (unpaired) electrons. The molecule has 1 aromatic heterocycles. The van der Waals surface area contributed by atoms with Gasteiger partial charge in [-0.1, -0.05) is 23.7 Å². The molecular formula is C13H14ClN3OS. The van der Waals surface area contributed by atoms with Crippen molar-refractivity contribution < 1.29 is 4.79 Å². The zero-order valence-electron chi connectivity index (χ0n) is 10.4. The van der Waals surface area contributed by atoms with Crippen molar-refractivity contribution in [1.82, 2.24) is 10.2 Å². The molecule has 19 heavy (non-hydrogen) atoms. The lowest BCUT2D eigenvalue weighted by atomic mass is 10.2. The van der Waals surface area contributed by atoms with Gasteiger partial charge in [-0.15, -0.1) is 11.8 Å². The molecule has 1 aromatic carbocycles. The molecule has 100 valence electrons. The highest BCUT2D eigenvalue weighted by atomic mass is 35.5. The number of carbonyl (C=O) groups is 1. The molecule has 0 spiro atoms. The predicted molar refractivity (Wildman–Crippen MR) is 79.6 cm³/mol. The second kappa shape index (κ2) is 6.63. The Labute approximate surface area is 120 Å². The fraction of sp³-hybridized carbons (Fsp3) is 0.231. The highest BCUT2D eigenvalue weighted by Gasteiger charge is 2.06. The van der Waals surface area contributed by atoms with Crippen LogP contribution in [0.25, 0.3) is 0 Å². The topological polar surface area (TPSA) is 57.8 Å². The lowest BCUT2D eigenvalue weighted by molar-refractivity contribution is -0.113. The van der Waals surface area contributed by atoms with E-state index in [4.69, 9.17) is 11.6 Å². The van der Waals surface area contributed by atoms with Crippen molar-refractivity contribution in [2.24, 2.45) is 0 Å². The minimum Gasteiger partial charge on any atom is -0.310 e. The van der Waals surface area contributed by atoms with Gasteiger partial charge < -0.3 is 5.32 Å². The fourth-order valence-corrected chi connectivity index (χ4v) is 2.52. The van der Waals surface area contributed by atoms with E-state index < -0.39 is 0 Å². The number of aromatic amines is 1. The first kappa shape index (κ1) is 14.0. The van der Waals surface area contributed by atoms with Crippen LogP contribution in [-0.2, 0) is 10.5 Å². The standard InChI is InChI=1S/C13H14ClN3OS/c1-9-6-15-17-13(9)16-12(18)8-19-7-10-3-2-4-11(14)5-10/h2-6H,7-8H2,1H3,(H2,15,16,17,18). The largest absolute Gasteiger partial charge is 0.310 e. The predicted octanol–water partition coefficient (Wildman–Crippen LogP) is 3.24. The maximum absolute atomic E-state index is 11.7. The van der Waals surface area contributed by atoms with Gasteiger partial charge in [-0.2, -0.15) is 5.10 Å². The molecule has 2 N–H and O–H groups in total. The number of H-pyrrole nitrogens is 1. The lowest BCUT2D eigenvalue weighted by Gasteiger charge is -2.04. The summed E-state index contributed by atoms with van der Waals surface area (Å²) in [6.07, 6.45) is 1.68. The molecule has 1 heterocycles. The van der Waals surface area contributed by atoms with E-state index in [-0.39, 0.29) is 5.91 Å². The van der Waals surface area contributed by atoms with E-state index in [1.54, 1.807) is 18.0 Å². The average molecular weight is 296 g/mol. The first-order valence-electron chi connectivity index (χ1n) is 5.77. The van der Waals surface area contributed by atoms with Crippen molar-refractivity contribution in [1.29, 1.82) is 0 Å². The lowest BCUT2D eigenvalue weighted by Crippen LogP contribution is -2.15. The molecule has 0 fully saturated rings. The summed E-state index contributed by atoms with van der Waals surface area (Å²) >= 11 is 7.44. The maximum Gasteiger partial charge on any atom is 0.235 e. The van der Waals surface area contributed by atoms with Gasteiger partial charge in [-0.25, -0.2) is 0 Å². The third kappa shape index (κ3) is 4.29.